The van der Waals surface area contributed by atoms with Gasteiger partial charge in [0.15, 0.2) is 5.96 Å². The van der Waals surface area contributed by atoms with Crippen molar-refractivity contribution in [1.29, 1.82) is 0 Å². The van der Waals surface area contributed by atoms with E-state index in [-0.39, 0.29) is 35.4 Å². The SMILES string of the molecule is CCNC(=NCC1(C)CCCO1)NCCCOc1ccc(F)cc1.I. The highest BCUT2D eigenvalue weighted by Crippen LogP contribution is 2.24. The highest BCUT2D eigenvalue weighted by molar-refractivity contribution is 14.0. The maximum atomic E-state index is 12.8. The Morgan fingerprint density at radius 2 is 2.08 bits per heavy atom. The minimum absolute atomic E-state index is 0. The van der Waals surface area contributed by atoms with E-state index in [4.69, 9.17) is 9.47 Å². The molecule has 1 heterocycles. The number of hydrogen-bond donors (Lipinski definition) is 2. The van der Waals surface area contributed by atoms with Gasteiger partial charge in [-0.1, -0.05) is 0 Å². The lowest BCUT2D eigenvalue weighted by Gasteiger charge is -2.21. The van der Waals surface area contributed by atoms with Gasteiger partial charge in [0.2, 0.25) is 0 Å². The maximum absolute atomic E-state index is 12.8. The molecular weight excluding hydrogens is 436 g/mol. The van der Waals surface area contributed by atoms with E-state index in [9.17, 15) is 4.39 Å². The highest BCUT2D eigenvalue weighted by atomic mass is 127. The first-order valence-corrected chi connectivity index (χ1v) is 8.66. The fourth-order valence-corrected chi connectivity index (χ4v) is 2.55. The Bertz CT molecular complexity index is 520. The van der Waals surface area contributed by atoms with Gasteiger partial charge in [-0.15, -0.1) is 24.0 Å². The summed E-state index contributed by atoms with van der Waals surface area (Å²) >= 11 is 0. The molecule has 2 rings (SSSR count). The average Bonchev–Trinajstić information content (AvgIpc) is 3.01. The third-order valence-electron chi connectivity index (χ3n) is 3.91. The van der Waals surface area contributed by atoms with E-state index >= 15 is 0 Å². The van der Waals surface area contributed by atoms with E-state index in [0.29, 0.717) is 18.9 Å². The molecule has 5 nitrogen and oxygen atoms in total. The van der Waals surface area contributed by atoms with Gasteiger partial charge in [-0.3, -0.25) is 4.99 Å². The van der Waals surface area contributed by atoms with Crippen molar-refractivity contribution < 1.29 is 13.9 Å². The summed E-state index contributed by atoms with van der Waals surface area (Å²) < 4.78 is 24.1. The van der Waals surface area contributed by atoms with E-state index in [1.165, 1.54) is 12.1 Å². The largest absolute Gasteiger partial charge is 0.494 e. The van der Waals surface area contributed by atoms with Crippen molar-refractivity contribution in [3.8, 4) is 5.75 Å². The number of guanidine groups is 1. The molecule has 1 saturated heterocycles. The van der Waals surface area contributed by atoms with Gasteiger partial charge in [0, 0.05) is 19.7 Å². The molecule has 1 aromatic rings. The van der Waals surface area contributed by atoms with Gasteiger partial charge in [-0.25, -0.2) is 4.39 Å². The summed E-state index contributed by atoms with van der Waals surface area (Å²) in [5, 5.41) is 6.54. The molecule has 0 aromatic heterocycles. The van der Waals surface area contributed by atoms with E-state index in [2.05, 4.69) is 22.5 Å². The van der Waals surface area contributed by atoms with Gasteiger partial charge in [0.1, 0.15) is 11.6 Å². The van der Waals surface area contributed by atoms with E-state index in [1.54, 1.807) is 12.1 Å². The number of aliphatic imine (C=N–C) groups is 1. The predicted octanol–water partition coefficient (Wildman–Crippen LogP) is 3.34. The second kappa shape index (κ2) is 11.5. The molecule has 1 unspecified atom stereocenters. The molecule has 1 atom stereocenters. The Hall–Kier alpha value is -1.09. The van der Waals surface area contributed by atoms with Crippen LogP contribution in [0.1, 0.15) is 33.1 Å². The summed E-state index contributed by atoms with van der Waals surface area (Å²) in [4.78, 5) is 4.62. The number of nitrogens with one attached hydrogen (secondary N) is 2. The summed E-state index contributed by atoms with van der Waals surface area (Å²) in [6.45, 7) is 7.79. The number of benzene rings is 1. The smallest absolute Gasteiger partial charge is 0.191 e. The lowest BCUT2D eigenvalue weighted by molar-refractivity contribution is 0.0283. The third kappa shape index (κ3) is 8.22. The second-order valence-corrected chi connectivity index (χ2v) is 6.18. The molecule has 1 aliphatic heterocycles. The fourth-order valence-electron chi connectivity index (χ4n) is 2.55. The van der Waals surface area contributed by atoms with Crippen molar-refractivity contribution >= 4 is 29.9 Å². The van der Waals surface area contributed by atoms with Crippen LogP contribution in [0.3, 0.4) is 0 Å². The van der Waals surface area contributed by atoms with Crippen molar-refractivity contribution in [2.24, 2.45) is 4.99 Å². The number of rotatable bonds is 8. The molecule has 1 aliphatic rings. The molecule has 0 radical (unpaired) electrons. The van der Waals surface area contributed by atoms with Gasteiger partial charge in [0.25, 0.3) is 0 Å². The molecule has 0 bridgehead atoms. The Labute approximate surface area is 166 Å². The number of halogens is 2. The molecular formula is C18H29FIN3O2. The first-order valence-electron chi connectivity index (χ1n) is 8.66. The third-order valence-corrected chi connectivity index (χ3v) is 3.91. The quantitative estimate of drug-likeness (QED) is 0.268. The zero-order valence-electron chi connectivity index (χ0n) is 15.0. The fraction of sp³-hybridized carbons (Fsp3) is 0.611. The van der Waals surface area contributed by atoms with Crippen LogP contribution in [0.4, 0.5) is 4.39 Å². The maximum Gasteiger partial charge on any atom is 0.191 e. The van der Waals surface area contributed by atoms with Crippen LogP contribution in [0.25, 0.3) is 0 Å². The van der Waals surface area contributed by atoms with Gasteiger partial charge in [-0.2, -0.15) is 0 Å². The van der Waals surface area contributed by atoms with Crippen molar-refractivity contribution in [2.45, 2.75) is 38.7 Å². The standard InChI is InChI=1S/C18H28FN3O2.HI/c1-3-20-17(22-14-18(2)10-4-13-24-18)21-11-5-12-23-16-8-6-15(19)7-9-16;/h6-9H,3-5,10-14H2,1-2H3,(H2,20,21,22);1H. The van der Waals surface area contributed by atoms with Gasteiger partial charge in [0.05, 0.1) is 18.8 Å². The first-order chi connectivity index (χ1) is 11.6. The highest BCUT2D eigenvalue weighted by Gasteiger charge is 2.29. The van der Waals surface area contributed by atoms with Crippen molar-refractivity contribution in [3.05, 3.63) is 30.1 Å². The zero-order valence-corrected chi connectivity index (χ0v) is 17.3. The Morgan fingerprint density at radius 3 is 2.72 bits per heavy atom. The molecule has 0 amide bonds. The van der Waals surface area contributed by atoms with Crippen LogP contribution in [-0.2, 0) is 4.74 Å². The molecule has 1 aromatic carbocycles. The summed E-state index contributed by atoms with van der Waals surface area (Å²) in [6, 6.07) is 6.07. The topological polar surface area (TPSA) is 54.9 Å². The van der Waals surface area contributed by atoms with Crippen molar-refractivity contribution in [2.75, 3.05) is 32.8 Å². The number of nitrogens with zero attached hydrogens (tertiary/aromatic N) is 1. The lowest BCUT2D eigenvalue weighted by atomic mass is 10.0. The molecule has 0 spiro atoms. The normalized spacial score (nSPS) is 20.0. The number of hydrogen-bond acceptors (Lipinski definition) is 3. The molecule has 25 heavy (non-hydrogen) atoms. The van der Waals surface area contributed by atoms with Crippen LogP contribution < -0.4 is 15.4 Å². The Morgan fingerprint density at radius 1 is 1.32 bits per heavy atom. The van der Waals surface area contributed by atoms with Crippen LogP contribution in [0, 0.1) is 5.82 Å². The van der Waals surface area contributed by atoms with Crippen LogP contribution in [0.15, 0.2) is 29.3 Å². The van der Waals surface area contributed by atoms with Crippen LogP contribution in [-0.4, -0.2) is 44.4 Å². The number of ether oxygens (including phenoxy) is 2. The monoisotopic (exact) mass is 465 g/mol. The van der Waals surface area contributed by atoms with Gasteiger partial charge in [-0.05, 0) is 57.4 Å². The summed E-state index contributed by atoms with van der Waals surface area (Å²) in [5.41, 5.74) is -0.131. The molecule has 7 heteroatoms. The molecule has 1 fully saturated rings. The Balaban J connectivity index is 0.00000312. The molecule has 0 saturated carbocycles. The van der Waals surface area contributed by atoms with E-state index in [1.807, 2.05) is 6.92 Å². The Kier molecular flexibility index (Phi) is 10.1. The van der Waals surface area contributed by atoms with E-state index in [0.717, 1.165) is 44.9 Å². The zero-order chi connectivity index (χ0) is 17.3. The minimum atomic E-state index is -0.254. The van der Waals surface area contributed by atoms with Crippen molar-refractivity contribution in [3.63, 3.8) is 0 Å². The van der Waals surface area contributed by atoms with Gasteiger partial charge < -0.3 is 20.1 Å². The molecule has 142 valence electrons. The molecule has 2 N–H and O–H groups in total. The molecule has 0 aliphatic carbocycles. The summed E-state index contributed by atoms with van der Waals surface area (Å²) in [6.07, 6.45) is 2.99. The lowest BCUT2D eigenvalue weighted by Crippen LogP contribution is -2.39. The summed E-state index contributed by atoms with van der Waals surface area (Å²) in [5.74, 6) is 1.23. The van der Waals surface area contributed by atoms with Crippen molar-refractivity contribution in [1.82, 2.24) is 10.6 Å². The minimum Gasteiger partial charge on any atom is -0.494 e. The summed E-state index contributed by atoms with van der Waals surface area (Å²) in [7, 11) is 0. The van der Waals surface area contributed by atoms with Crippen LogP contribution >= 0.6 is 24.0 Å². The second-order valence-electron chi connectivity index (χ2n) is 6.18. The van der Waals surface area contributed by atoms with Gasteiger partial charge >= 0.3 is 0 Å². The van der Waals surface area contributed by atoms with Crippen LogP contribution in [0.2, 0.25) is 0 Å². The van der Waals surface area contributed by atoms with Crippen LogP contribution in [0.5, 0.6) is 5.75 Å². The predicted molar refractivity (Wildman–Crippen MR) is 109 cm³/mol. The first kappa shape index (κ1) is 22.0. The average molecular weight is 465 g/mol. The van der Waals surface area contributed by atoms with E-state index < -0.39 is 0 Å².